The van der Waals surface area contributed by atoms with Gasteiger partial charge in [0.25, 0.3) is 10.0 Å². The Kier molecular flexibility index (Phi) is 4.62. The summed E-state index contributed by atoms with van der Waals surface area (Å²) < 4.78 is 32.2. The highest BCUT2D eigenvalue weighted by atomic mass is 32.2. The molecule has 2 unspecified atom stereocenters. The summed E-state index contributed by atoms with van der Waals surface area (Å²) in [4.78, 5) is 0.880. The Morgan fingerprint density at radius 1 is 1.53 bits per heavy atom. The molecule has 1 aromatic heterocycles. The molecule has 0 spiro atoms. The van der Waals surface area contributed by atoms with Crippen LogP contribution >= 0.6 is 11.3 Å². The Hall–Kier alpha value is -0.470. The molecule has 0 aromatic carbocycles. The molecule has 2 heterocycles. The Morgan fingerprint density at radius 3 is 2.84 bits per heavy atom. The lowest BCUT2D eigenvalue weighted by molar-refractivity contribution is 0.102. The van der Waals surface area contributed by atoms with Crippen LogP contribution < -0.4 is 0 Å². The highest BCUT2D eigenvalue weighted by molar-refractivity contribution is 7.91. The second kappa shape index (κ2) is 5.88. The summed E-state index contributed by atoms with van der Waals surface area (Å²) in [6.45, 7) is 2.53. The van der Waals surface area contributed by atoms with Crippen LogP contribution in [-0.2, 0) is 21.2 Å². The van der Waals surface area contributed by atoms with E-state index in [4.69, 9.17) is 9.84 Å². The highest BCUT2D eigenvalue weighted by Gasteiger charge is 2.35. The quantitative estimate of drug-likeness (QED) is 0.884. The fourth-order valence-electron chi connectivity index (χ4n) is 2.26. The smallest absolute Gasteiger partial charge is 0.252 e. The van der Waals surface area contributed by atoms with Crippen LogP contribution in [0.5, 0.6) is 0 Å². The number of likely N-dealkylation sites (N-methyl/N-ethyl adjacent to an activating group) is 1. The van der Waals surface area contributed by atoms with Gasteiger partial charge in [-0.1, -0.05) is 0 Å². The lowest BCUT2D eigenvalue weighted by Gasteiger charge is -2.25. The van der Waals surface area contributed by atoms with Crippen molar-refractivity contribution in [2.45, 2.75) is 36.1 Å². The standard InChI is InChI=1S/C12H19NO4S2/c1-9-11(6-8-17-9)13(2)19(15,16)12-4-3-10(18-12)5-7-14/h3-4,9,11,14H,5-8H2,1-2H3. The van der Waals surface area contributed by atoms with Gasteiger partial charge in [0.2, 0.25) is 0 Å². The lowest BCUT2D eigenvalue weighted by atomic mass is 10.2. The maximum absolute atomic E-state index is 12.5. The molecule has 2 rings (SSSR count). The second-order valence-electron chi connectivity index (χ2n) is 4.65. The van der Waals surface area contributed by atoms with E-state index in [-0.39, 0.29) is 18.8 Å². The van der Waals surface area contributed by atoms with Crippen LogP contribution in [0.15, 0.2) is 16.3 Å². The molecule has 5 nitrogen and oxygen atoms in total. The first-order chi connectivity index (χ1) is 8.96. The summed E-state index contributed by atoms with van der Waals surface area (Å²) in [5, 5.41) is 8.88. The molecule has 0 saturated carbocycles. The zero-order valence-electron chi connectivity index (χ0n) is 11.1. The van der Waals surface area contributed by atoms with Gasteiger partial charge in [-0.25, -0.2) is 8.42 Å². The average molecular weight is 305 g/mol. The molecule has 1 saturated heterocycles. The number of aliphatic hydroxyl groups is 1. The molecule has 1 aliphatic rings. The molecule has 7 heteroatoms. The minimum atomic E-state index is -3.46. The molecular weight excluding hydrogens is 286 g/mol. The van der Waals surface area contributed by atoms with E-state index in [1.165, 1.54) is 15.6 Å². The second-order valence-corrected chi connectivity index (χ2v) is 8.04. The van der Waals surface area contributed by atoms with Gasteiger partial charge in [-0.2, -0.15) is 4.31 Å². The number of nitrogens with zero attached hydrogens (tertiary/aromatic N) is 1. The van der Waals surface area contributed by atoms with E-state index in [1.54, 1.807) is 19.2 Å². The molecular formula is C12H19NO4S2. The zero-order valence-corrected chi connectivity index (χ0v) is 12.7. The molecule has 19 heavy (non-hydrogen) atoms. The number of thiophene rings is 1. The molecule has 0 aliphatic carbocycles. The van der Waals surface area contributed by atoms with Gasteiger partial charge >= 0.3 is 0 Å². The summed E-state index contributed by atoms with van der Waals surface area (Å²) in [6, 6.07) is 3.27. The third-order valence-corrected chi connectivity index (χ3v) is 6.93. The average Bonchev–Trinajstić information content (AvgIpc) is 2.98. The third kappa shape index (κ3) is 3.00. The first kappa shape index (κ1) is 14.9. The van der Waals surface area contributed by atoms with Crippen molar-refractivity contribution in [1.82, 2.24) is 4.31 Å². The summed E-state index contributed by atoms with van der Waals surface area (Å²) >= 11 is 1.22. The van der Waals surface area contributed by atoms with Crippen molar-refractivity contribution in [3.05, 3.63) is 17.0 Å². The minimum Gasteiger partial charge on any atom is -0.396 e. The number of sulfonamides is 1. The predicted molar refractivity (Wildman–Crippen MR) is 73.9 cm³/mol. The van der Waals surface area contributed by atoms with E-state index in [9.17, 15) is 8.42 Å². The molecule has 1 aliphatic heterocycles. The van der Waals surface area contributed by atoms with Crippen LogP contribution in [0.4, 0.5) is 0 Å². The van der Waals surface area contributed by atoms with E-state index in [1.807, 2.05) is 6.92 Å². The van der Waals surface area contributed by atoms with Crippen LogP contribution in [0.25, 0.3) is 0 Å². The Morgan fingerprint density at radius 2 is 2.26 bits per heavy atom. The lowest BCUT2D eigenvalue weighted by Crippen LogP contribution is -2.40. The van der Waals surface area contributed by atoms with Gasteiger partial charge in [0.15, 0.2) is 0 Å². The fourth-order valence-corrected chi connectivity index (χ4v) is 5.24. The van der Waals surface area contributed by atoms with Crippen molar-refractivity contribution in [1.29, 1.82) is 0 Å². The normalized spacial score (nSPS) is 24.2. The topological polar surface area (TPSA) is 66.8 Å². The summed E-state index contributed by atoms with van der Waals surface area (Å²) in [5.41, 5.74) is 0. The van der Waals surface area contributed by atoms with E-state index in [2.05, 4.69) is 0 Å². The largest absolute Gasteiger partial charge is 0.396 e. The Bertz CT molecular complexity index is 526. The number of hydrogen-bond acceptors (Lipinski definition) is 5. The van der Waals surface area contributed by atoms with E-state index < -0.39 is 10.0 Å². The van der Waals surface area contributed by atoms with Crippen molar-refractivity contribution in [2.75, 3.05) is 20.3 Å². The van der Waals surface area contributed by atoms with Crippen LogP contribution in [-0.4, -0.2) is 50.2 Å². The van der Waals surface area contributed by atoms with Crippen LogP contribution in [0.2, 0.25) is 0 Å². The van der Waals surface area contributed by atoms with Gasteiger partial charge in [0.1, 0.15) is 4.21 Å². The van der Waals surface area contributed by atoms with Crippen molar-refractivity contribution < 1.29 is 18.3 Å². The molecule has 0 radical (unpaired) electrons. The van der Waals surface area contributed by atoms with Crippen molar-refractivity contribution in [3.63, 3.8) is 0 Å². The first-order valence-electron chi connectivity index (χ1n) is 6.26. The summed E-state index contributed by atoms with van der Waals surface area (Å²) in [5.74, 6) is 0. The SMILES string of the molecule is CC1OCCC1N(C)S(=O)(=O)c1ccc(CCO)s1. The van der Waals surface area contributed by atoms with E-state index in [0.717, 1.165) is 11.3 Å². The van der Waals surface area contributed by atoms with Crippen LogP contribution in [0.3, 0.4) is 0 Å². The molecule has 1 aromatic rings. The number of hydrogen-bond donors (Lipinski definition) is 1. The predicted octanol–water partition coefficient (Wildman–Crippen LogP) is 1.08. The van der Waals surface area contributed by atoms with Crippen molar-refractivity contribution in [3.8, 4) is 0 Å². The van der Waals surface area contributed by atoms with Gasteiger partial charge in [0.05, 0.1) is 12.1 Å². The molecule has 108 valence electrons. The fraction of sp³-hybridized carbons (Fsp3) is 0.667. The van der Waals surface area contributed by atoms with Gasteiger partial charge in [-0.15, -0.1) is 11.3 Å². The third-order valence-electron chi connectivity index (χ3n) is 3.43. The monoisotopic (exact) mass is 305 g/mol. The van der Waals surface area contributed by atoms with Crippen LogP contribution in [0.1, 0.15) is 18.2 Å². The van der Waals surface area contributed by atoms with Crippen molar-refractivity contribution >= 4 is 21.4 Å². The van der Waals surface area contributed by atoms with E-state index in [0.29, 0.717) is 17.2 Å². The van der Waals surface area contributed by atoms with Gasteiger partial charge < -0.3 is 9.84 Å². The number of aliphatic hydroxyl groups excluding tert-OH is 1. The summed E-state index contributed by atoms with van der Waals surface area (Å²) in [7, 11) is -1.85. The first-order valence-corrected chi connectivity index (χ1v) is 8.51. The zero-order chi connectivity index (χ0) is 14.0. The highest BCUT2D eigenvalue weighted by Crippen LogP contribution is 2.29. The number of ether oxygens (including phenoxy) is 1. The Labute approximate surface area is 117 Å². The molecule has 1 N–H and O–H groups in total. The van der Waals surface area contributed by atoms with Gasteiger partial charge in [-0.3, -0.25) is 0 Å². The maximum Gasteiger partial charge on any atom is 0.252 e. The molecule has 0 bridgehead atoms. The van der Waals surface area contributed by atoms with Crippen molar-refractivity contribution in [2.24, 2.45) is 0 Å². The molecule has 0 amide bonds. The number of rotatable bonds is 5. The Balaban J connectivity index is 2.20. The minimum absolute atomic E-state index is 0.0311. The maximum atomic E-state index is 12.5. The summed E-state index contributed by atoms with van der Waals surface area (Å²) in [6.07, 6.45) is 1.15. The van der Waals surface area contributed by atoms with Crippen LogP contribution in [0, 0.1) is 0 Å². The molecule has 2 atom stereocenters. The van der Waals surface area contributed by atoms with E-state index >= 15 is 0 Å². The molecule has 1 fully saturated rings. The van der Waals surface area contributed by atoms with Gasteiger partial charge in [0, 0.05) is 31.6 Å². The van der Waals surface area contributed by atoms with Gasteiger partial charge in [-0.05, 0) is 25.5 Å².